The van der Waals surface area contributed by atoms with Crippen LogP contribution in [0.15, 0.2) is 24.3 Å². The highest BCUT2D eigenvalue weighted by atomic mass is 35.5. The van der Waals surface area contributed by atoms with E-state index >= 15 is 0 Å². The third-order valence-electron chi connectivity index (χ3n) is 6.52. The van der Waals surface area contributed by atoms with Crippen LogP contribution in [-0.2, 0) is 25.8 Å². The Kier molecular flexibility index (Phi) is 4.40. The van der Waals surface area contributed by atoms with Gasteiger partial charge in [0.2, 0.25) is 5.28 Å². The van der Waals surface area contributed by atoms with Crippen LogP contribution in [0.25, 0.3) is 10.2 Å². The van der Waals surface area contributed by atoms with E-state index in [-0.39, 0.29) is 0 Å². The van der Waals surface area contributed by atoms with Gasteiger partial charge in [-0.1, -0.05) is 45.0 Å². The molecule has 0 fully saturated rings. The minimum atomic E-state index is 0.344. The summed E-state index contributed by atoms with van der Waals surface area (Å²) in [4.78, 5) is 14.3. The van der Waals surface area contributed by atoms with Crippen LogP contribution in [0.5, 0.6) is 0 Å². The monoisotopic (exact) mass is 411 g/mol. The van der Waals surface area contributed by atoms with Crippen molar-refractivity contribution in [1.29, 1.82) is 0 Å². The second-order valence-electron chi connectivity index (χ2n) is 9.25. The number of fused-ring (bicyclic) bond motifs is 4. The van der Waals surface area contributed by atoms with Crippen molar-refractivity contribution in [2.75, 3.05) is 11.4 Å². The lowest BCUT2D eigenvalue weighted by Crippen LogP contribution is -2.31. The molecule has 0 amide bonds. The first-order valence-electron chi connectivity index (χ1n) is 10.2. The third kappa shape index (κ3) is 3.11. The zero-order valence-electron chi connectivity index (χ0n) is 16.8. The fraction of sp³-hybridized carbons (Fsp3) is 0.478. The summed E-state index contributed by atoms with van der Waals surface area (Å²) in [5.41, 5.74) is 4.67. The summed E-state index contributed by atoms with van der Waals surface area (Å²) in [6.45, 7) is 8.97. The zero-order chi connectivity index (χ0) is 19.5. The summed E-state index contributed by atoms with van der Waals surface area (Å²) in [6.07, 6.45) is 4.57. The highest BCUT2D eigenvalue weighted by Crippen LogP contribution is 2.45. The molecule has 0 saturated carbocycles. The van der Waals surface area contributed by atoms with Gasteiger partial charge in [0, 0.05) is 18.0 Å². The van der Waals surface area contributed by atoms with Crippen LogP contribution in [0.4, 0.5) is 5.82 Å². The van der Waals surface area contributed by atoms with Crippen LogP contribution in [0.3, 0.4) is 0 Å². The molecule has 1 unspecified atom stereocenters. The van der Waals surface area contributed by atoms with Crippen molar-refractivity contribution in [1.82, 2.24) is 9.97 Å². The molecule has 2 aromatic heterocycles. The maximum Gasteiger partial charge on any atom is 0.225 e. The van der Waals surface area contributed by atoms with Gasteiger partial charge in [0.1, 0.15) is 10.6 Å². The number of thiophene rings is 1. The Bertz CT molecular complexity index is 1050. The smallest absolute Gasteiger partial charge is 0.225 e. The van der Waals surface area contributed by atoms with E-state index in [0.717, 1.165) is 48.9 Å². The van der Waals surface area contributed by atoms with E-state index in [4.69, 9.17) is 16.6 Å². The van der Waals surface area contributed by atoms with Gasteiger partial charge < -0.3 is 4.90 Å². The van der Waals surface area contributed by atoms with Crippen LogP contribution in [-0.4, -0.2) is 16.5 Å². The van der Waals surface area contributed by atoms with E-state index in [1.54, 1.807) is 0 Å². The molecule has 0 bridgehead atoms. The summed E-state index contributed by atoms with van der Waals surface area (Å²) >= 11 is 8.20. The molecule has 3 aromatic rings. The number of aromatic nitrogens is 2. The van der Waals surface area contributed by atoms with Crippen molar-refractivity contribution >= 4 is 39.0 Å². The lowest BCUT2D eigenvalue weighted by molar-refractivity contribution is 0.218. The molecule has 1 aromatic carbocycles. The normalized spacial score (nSPS) is 19.6. The van der Waals surface area contributed by atoms with Gasteiger partial charge >= 0.3 is 0 Å². The number of benzene rings is 1. The first-order valence-corrected chi connectivity index (χ1v) is 11.4. The minimum absolute atomic E-state index is 0.344. The van der Waals surface area contributed by atoms with Gasteiger partial charge in [-0.15, -0.1) is 11.3 Å². The van der Waals surface area contributed by atoms with Gasteiger partial charge in [0.15, 0.2) is 0 Å². The molecule has 5 heteroatoms. The second-order valence-corrected chi connectivity index (χ2v) is 10.7. The van der Waals surface area contributed by atoms with Gasteiger partial charge in [-0.2, -0.15) is 4.98 Å². The van der Waals surface area contributed by atoms with E-state index in [0.29, 0.717) is 10.7 Å². The Balaban J connectivity index is 1.58. The summed E-state index contributed by atoms with van der Waals surface area (Å²) in [5, 5.41) is 1.63. The number of rotatable bonds is 1. The highest BCUT2D eigenvalue weighted by molar-refractivity contribution is 7.19. The Hall–Kier alpha value is -1.65. The van der Waals surface area contributed by atoms with Crippen LogP contribution < -0.4 is 4.90 Å². The Morgan fingerprint density at radius 3 is 2.68 bits per heavy atom. The lowest BCUT2D eigenvalue weighted by atomic mass is 9.72. The second kappa shape index (κ2) is 6.70. The molecule has 3 heterocycles. The van der Waals surface area contributed by atoms with Crippen molar-refractivity contribution in [2.24, 2.45) is 11.3 Å². The lowest BCUT2D eigenvalue weighted by Gasteiger charge is -2.34. The van der Waals surface area contributed by atoms with Crippen LogP contribution in [0.1, 0.15) is 48.8 Å². The highest BCUT2D eigenvalue weighted by Gasteiger charge is 2.33. The molecule has 1 aliphatic carbocycles. The molecule has 3 nitrogen and oxygen atoms in total. The van der Waals surface area contributed by atoms with E-state index in [9.17, 15) is 0 Å². The molecular formula is C23H26ClN3S. The van der Waals surface area contributed by atoms with Crippen molar-refractivity contribution in [3.8, 4) is 0 Å². The molecule has 2 aliphatic rings. The number of halogens is 1. The van der Waals surface area contributed by atoms with Crippen molar-refractivity contribution in [3.05, 3.63) is 51.1 Å². The van der Waals surface area contributed by atoms with E-state index < -0.39 is 0 Å². The molecule has 28 heavy (non-hydrogen) atoms. The van der Waals surface area contributed by atoms with E-state index in [1.807, 2.05) is 11.3 Å². The fourth-order valence-corrected chi connectivity index (χ4v) is 6.29. The van der Waals surface area contributed by atoms with E-state index in [1.165, 1.54) is 33.4 Å². The molecule has 0 radical (unpaired) electrons. The number of hydrogen-bond donors (Lipinski definition) is 0. The first-order chi connectivity index (χ1) is 13.4. The first kappa shape index (κ1) is 18.4. The summed E-state index contributed by atoms with van der Waals surface area (Å²) in [7, 11) is 0. The van der Waals surface area contributed by atoms with Gasteiger partial charge in [0.05, 0.1) is 5.39 Å². The minimum Gasteiger partial charge on any atom is -0.351 e. The molecule has 1 atom stereocenters. The molecule has 0 spiro atoms. The van der Waals surface area contributed by atoms with Crippen LogP contribution in [0.2, 0.25) is 5.28 Å². The summed E-state index contributed by atoms with van der Waals surface area (Å²) < 4.78 is 0. The Morgan fingerprint density at radius 1 is 1.11 bits per heavy atom. The van der Waals surface area contributed by atoms with Gasteiger partial charge in [-0.05, 0) is 65.3 Å². The van der Waals surface area contributed by atoms with Gasteiger partial charge in [0.25, 0.3) is 0 Å². The largest absolute Gasteiger partial charge is 0.351 e. The fourth-order valence-electron chi connectivity index (χ4n) is 4.78. The maximum absolute atomic E-state index is 6.37. The number of anilines is 1. The topological polar surface area (TPSA) is 29.0 Å². The standard InChI is InChI=1S/C23H26ClN3S/c1-23(2,3)16-8-9-17-18(12-16)28-21-19(17)20(25-22(24)26-21)27-11-10-14-6-4-5-7-15(14)13-27/h4-7,16H,8-13H2,1-3H3. The predicted molar refractivity (Wildman–Crippen MR) is 119 cm³/mol. The summed E-state index contributed by atoms with van der Waals surface area (Å²) in [6, 6.07) is 8.74. The maximum atomic E-state index is 6.37. The van der Waals surface area contributed by atoms with Crippen molar-refractivity contribution < 1.29 is 0 Å². The third-order valence-corrected chi connectivity index (χ3v) is 7.83. The Morgan fingerprint density at radius 2 is 1.89 bits per heavy atom. The van der Waals surface area contributed by atoms with E-state index in [2.05, 4.69) is 54.9 Å². The average molecular weight is 412 g/mol. The predicted octanol–water partition coefficient (Wildman–Crippen LogP) is 6.06. The number of hydrogen-bond acceptors (Lipinski definition) is 4. The molecule has 1 aliphatic heterocycles. The zero-order valence-corrected chi connectivity index (χ0v) is 18.3. The number of nitrogens with zero attached hydrogens (tertiary/aromatic N) is 3. The SMILES string of the molecule is CC(C)(C)C1CCc2c(sc3nc(Cl)nc(N4CCc5ccccc5C4)c23)C1. The molecule has 0 N–H and O–H groups in total. The molecular weight excluding hydrogens is 386 g/mol. The van der Waals surface area contributed by atoms with Crippen LogP contribution in [0, 0.1) is 11.3 Å². The van der Waals surface area contributed by atoms with Crippen LogP contribution >= 0.6 is 22.9 Å². The average Bonchev–Trinajstić information content (AvgIpc) is 3.03. The Labute approximate surface area is 175 Å². The molecule has 0 saturated heterocycles. The molecule has 5 rings (SSSR count). The molecule has 146 valence electrons. The summed E-state index contributed by atoms with van der Waals surface area (Å²) in [5.74, 6) is 1.76. The van der Waals surface area contributed by atoms with Crippen molar-refractivity contribution in [2.45, 2.75) is 53.0 Å². The van der Waals surface area contributed by atoms with Gasteiger partial charge in [-0.25, -0.2) is 4.98 Å². The number of aryl methyl sites for hydroxylation is 1. The quantitative estimate of drug-likeness (QED) is 0.456. The van der Waals surface area contributed by atoms with Crippen molar-refractivity contribution in [3.63, 3.8) is 0 Å². The van der Waals surface area contributed by atoms with Gasteiger partial charge in [-0.3, -0.25) is 0 Å².